The Hall–Kier alpha value is -1.77. The van der Waals surface area contributed by atoms with Crippen LogP contribution in [0.3, 0.4) is 0 Å². The van der Waals surface area contributed by atoms with Crippen LogP contribution in [-0.2, 0) is 5.41 Å². The summed E-state index contributed by atoms with van der Waals surface area (Å²) in [4.78, 5) is 8.17. The SMILES string of the molecule is CC(C)(C)c1ccc(-c2cncc(F)c2)nc1. The Labute approximate surface area is 101 Å². The van der Waals surface area contributed by atoms with Crippen LogP contribution in [0.4, 0.5) is 4.39 Å². The van der Waals surface area contributed by atoms with Gasteiger partial charge >= 0.3 is 0 Å². The number of hydrogen-bond donors (Lipinski definition) is 0. The number of nitrogens with zero attached hydrogens (tertiary/aromatic N) is 2. The van der Waals surface area contributed by atoms with E-state index in [1.165, 1.54) is 12.3 Å². The lowest BCUT2D eigenvalue weighted by Crippen LogP contribution is -2.11. The Bertz CT molecular complexity index is 512. The standard InChI is InChI=1S/C14H15FN2/c1-14(2,3)11-4-5-13(17-8-11)10-6-12(15)9-16-7-10/h4-9H,1-3H3. The van der Waals surface area contributed by atoms with Gasteiger partial charge in [-0.25, -0.2) is 4.39 Å². The molecule has 2 aromatic heterocycles. The fourth-order valence-corrected chi connectivity index (χ4v) is 1.56. The molecule has 0 saturated heterocycles. The lowest BCUT2D eigenvalue weighted by atomic mass is 9.88. The van der Waals surface area contributed by atoms with Gasteiger partial charge in [0.05, 0.1) is 11.9 Å². The smallest absolute Gasteiger partial charge is 0.142 e. The van der Waals surface area contributed by atoms with Crippen LogP contribution in [0, 0.1) is 5.82 Å². The van der Waals surface area contributed by atoms with Gasteiger partial charge < -0.3 is 0 Å². The molecule has 0 radical (unpaired) electrons. The van der Waals surface area contributed by atoms with E-state index < -0.39 is 0 Å². The summed E-state index contributed by atoms with van der Waals surface area (Å²) in [5.41, 5.74) is 2.67. The number of hydrogen-bond acceptors (Lipinski definition) is 2. The molecule has 0 bridgehead atoms. The lowest BCUT2D eigenvalue weighted by molar-refractivity contribution is 0.587. The zero-order chi connectivity index (χ0) is 12.5. The van der Waals surface area contributed by atoms with E-state index in [2.05, 4.69) is 30.7 Å². The number of rotatable bonds is 1. The molecule has 2 nitrogen and oxygen atoms in total. The first kappa shape index (κ1) is 11.7. The van der Waals surface area contributed by atoms with Gasteiger partial charge in [-0.05, 0) is 23.1 Å². The highest BCUT2D eigenvalue weighted by atomic mass is 19.1. The predicted molar refractivity (Wildman–Crippen MR) is 66.1 cm³/mol. The Morgan fingerprint density at radius 3 is 2.35 bits per heavy atom. The summed E-state index contributed by atoms with van der Waals surface area (Å²) in [5.74, 6) is -0.343. The maximum Gasteiger partial charge on any atom is 0.142 e. The molecule has 0 aliphatic rings. The van der Waals surface area contributed by atoms with Crippen molar-refractivity contribution in [1.82, 2.24) is 9.97 Å². The van der Waals surface area contributed by atoms with Gasteiger partial charge in [0.25, 0.3) is 0 Å². The van der Waals surface area contributed by atoms with Gasteiger partial charge in [0.15, 0.2) is 0 Å². The van der Waals surface area contributed by atoms with Crippen molar-refractivity contribution >= 4 is 0 Å². The molecular formula is C14H15FN2. The maximum atomic E-state index is 13.0. The van der Waals surface area contributed by atoms with Gasteiger partial charge in [0.1, 0.15) is 5.82 Å². The van der Waals surface area contributed by atoms with E-state index in [0.717, 1.165) is 11.3 Å². The summed E-state index contributed by atoms with van der Waals surface area (Å²) in [5, 5.41) is 0. The Kier molecular flexibility index (Phi) is 2.92. The largest absolute Gasteiger partial charge is 0.261 e. The summed E-state index contributed by atoms with van der Waals surface area (Å²) in [7, 11) is 0. The van der Waals surface area contributed by atoms with E-state index in [1.54, 1.807) is 6.20 Å². The topological polar surface area (TPSA) is 25.8 Å². The van der Waals surface area contributed by atoms with Crippen molar-refractivity contribution in [3.8, 4) is 11.3 Å². The molecule has 0 amide bonds. The van der Waals surface area contributed by atoms with Crippen molar-refractivity contribution in [1.29, 1.82) is 0 Å². The van der Waals surface area contributed by atoms with Crippen LogP contribution in [0.15, 0.2) is 36.8 Å². The molecule has 0 aliphatic carbocycles. The fourth-order valence-electron chi connectivity index (χ4n) is 1.56. The van der Waals surface area contributed by atoms with Gasteiger partial charge in [0, 0.05) is 18.0 Å². The first-order chi connectivity index (χ1) is 7.97. The molecule has 0 aromatic carbocycles. The van der Waals surface area contributed by atoms with Crippen molar-refractivity contribution in [2.24, 2.45) is 0 Å². The van der Waals surface area contributed by atoms with Gasteiger partial charge in [0.2, 0.25) is 0 Å². The van der Waals surface area contributed by atoms with Crippen molar-refractivity contribution in [2.75, 3.05) is 0 Å². The second kappa shape index (κ2) is 4.24. The minimum atomic E-state index is -0.343. The summed E-state index contributed by atoms with van der Waals surface area (Å²) >= 11 is 0. The first-order valence-electron chi connectivity index (χ1n) is 5.54. The van der Waals surface area contributed by atoms with Crippen LogP contribution in [0.25, 0.3) is 11.3 Å². The summed E-state index contributed by atoms with van der Waals surface area (Å²) in [6.45, 7) is 6.40. The third-order valence-corrected chi connectivity index (χ3v) is 2.63. The summed E-state index contributed by atoms with van der Waals surface area (Å²) < 4.78 is 13.0. The second-order valence-corrected chi connectivity index (χ2v) is 5.07. The molecule has 0 saturated carbocycles. The van der Waals surface area contributed by atoms with E-state index >= 15 is 0 Å². The van der Waals surface area contributed by atoms with Crippen molar-refractivity contribution in [3.63, 3.8) is 0 Å². The quantitative estimate of drug-likeness (QED) is 0.748. The van der Waals surface area contributed by atoms with Crippen molar-refractivity contribution in [2.45, 2.75) is 26.2 Å². The van der Waals surface area contributed by atoms with Gasteiger partial charge in [-0.2, -0.15) is 0 Å². The van der Waals surface area contributed by atoms with Crippen LogP contribution >= 0.6 is 0 Å². The van der Waals surface area contributed by atoms with E-state index in [4.69, 9.17) is 0 Å². The number of aromatic nitrogens is 2. The molecule has 0 spiro atoms. The molecule has 2 heterocycles. The van der Waals surface area contributed by atoms with Crippen LogP contribution < -0.4 is 0 Å². The van der Waals surface area contributed by atoms with Crippen molar-refractivity contribution in [3.05, 3.63) is 48.2 Å². The normalized spacial score (nSPS) is 11.5. The van der Waals surface area contributed by atoms with Gasteiger partial charge in [-0.1, -0.05) is 26.8 Å². The zero-order valence-electron chi connectivity index (χ0n) is 10.2. The monoisotopic (exact) mass is 230 g/mol. The van der Waals surface area contributed by atoms with E-state index in [0.29, 0.717) is 5.56 Å². The summed E-state index contributed by atoms with van der Waals surface area (Å²) in [6.07, 6.45) is 4.63. The van der Waals surface area contributed by atoms with Crippen LogP contribution in [0.2, 0.25) is 0 Å². The molecule has 0 unspecified atom stereocenters. The minimum Gasteiger partial charge on any atom is -0.261 e. The first-order valence-corrected chi connectivity index (χ1v) is 5.54. The van der Waals surface area contributed by atoms with E-state index in [9.17, 15) is 4.39 Å². The molecule has 2 aromatic rings. The molecule has 0 aliphatic heterocycles. The highest BCUT2D eigenvalue weighted by molar-refractivity contribution is 5.57. The molecule has 0 fully saturated rings. The van der Waals surface area contributed by atoms with Crippen LogP contribution in [0.5, 0.6) is 0 Å². The average Bonchev–Trinajstić information content (AvgIpc) is 2.28. The lowest BCUT2D eigenvalue weighted by Gasteiger charge is -2.18. The van der Waals surface area contributed by atoms with E-state index in [-0.39, 0.29) is 11.2 Å². The zero-order valence-corrected chi connectivity index (χ0v) is 10.2. The van der Waals surface area contributed by atoms with Crippen LogP contribution in [-0.4, -0.2) is 9.97 Å². The number of pyridine rings is 2. The highest BCUT2D eigenvalue weighted by Crippen LogP contribution is 2.23. The predicted octanol–water partition coefficient (Wildman–Crippen LogP) is 3.58. The molecule has 0 N–H and O–H groups in total. The third-order valence-electron chi connectivity index (χ3n) is 2.63. The average molecular weight is 230 g/mol. The third kappa shape index (κ3) is 2.67. The molecule has 88 valence electrons. The number of halogens is 1. The van der Waals surface area contributed by atoms with Gasteiger partial charge in [-0.15, -0.1) is 0 Å². The highest BCUT2D eigenvalue weighted by Gasteiger charge is 2.13. The molecule has 3 heteroatoms. The Morgan fingerprint density at radius 1 is 1.06 bits per heavy atom. The Morgan fingerprint density at radius 2 is 1.82 bits per heavy atom. The maximum absolute atomic E-state index is 13.0. The Balaban J connectivity index is 2.36. The van der Waals surface area contributed by atoms with E-state index in [1.807, 2.05) is 18.3 Å². The fraction of sp³-hybridized carbons (Fsp3) is 0.286. The molecule has 0 atom stereocenters. The molecule has 2 rings (SSSR count). The second-order valence-electron chi connectivity index (χ2n) is 5.07. The minimum absolute atomic E-state index is 0.0751. The van der Waals surface area contributed by atoms with Crippen LogP contribution in [0.1, 0.15) is 26.3 Å². The summed E-state index contributed by atoms with van der Waals surface area (Å²) in [6, 6.07) is 5.36. The molecular weight excluding hydrogens is 215 g/mol. The molecule has 17 heavy (non-hydrogen) atoms. The van der Waals surface area contributed by atoms with Crippen molar-refractivity contribution < 1.29 is 4.39 Å². The van der Waals surface area contributed by atoms with Gasteiger partial charge in [-0.3, -0.25) is 9.97 Å².